The van der Waals surface area contributed by atoms with E-state index in [0.29, 0.717) is 31.6 Å². The number of aliphatic imine (C=N–C) groups is 1. The SMILES string of the molecule is CCNC(=NCCC(C)N(C)Cc1ccccc1)NCCNS(=O)(=O)CC. The molecule has 0 bridgehead atoms. The summed E-state index contributed by atoms with van der Waals surface area (Å²) in [5.41, 5.74) is 1.31. The largest absolute Gasteiger partial charge is 0.357 e. The summed E-state index contributed by atoms with van der Waals surface area (Å²) in [5, 5.41) is 6.34. The lowest BCUT2D eigenvalue weighted by Crippen LogP contribution is -2.42. The van der Waals surface area contributed by atoms with E-state index in [9.17, 15) is 8.42 Å². The van der Waals surface area contributed by atoms with Crippen molar-refractivity contribution in [3.63, 3.8) is 0 Å². The molecule has 1 aromatic rings. The fourth-order valence-corrected chi connectivity index (χ4v) is 3.06. The Kier molecular flexibility index (Phi) is 11.0. The zero-order valence-electron chi connectivity index (χ0n) is 17.0. The van der Waals surface area contributed by atoms with E-state index in [1.54, 1.807) is 6.92 Å². The molecule has 0 heterocycles. The Balaban J connectivity index is 2.38. The van der Waals surface area contributed by atoms with Gasteiger partial charge in [0.25, 0.3) is 0 Å². The second kappa shape index (κ2) is 12.7. The molecule has 0 amide bonds. The summed E-state index contributed by atoms with van der Waals surface area (Å²) in [6, 6.07) is 10.8. The average molecular weight is 398 g/mol. The van der Waals surface area contributed by atoms with Crippen molar-refractivity contribution in [2.75, 3.05) is 39.0 Å². The van der Waals surface area contributed by atoms with Crippen LogP contribution in [0.25, 0.3) is 0 Å². The van der Waals surface area contributed by atoms with Crippen molar-refractivity contribution in [2.45, 2.75) is 39.8 Å². The first-order valence-corrected chi connectivity index (χ1v) is 11.3. The van der Waals surface area contributed by atoms with Gasteiger partial charge in [0.1, 0.15) is 0 Å². The van der Waals surface area contributed by atoms with Crippen molar-refractivity contribution in [1.82, 2.24) is 20.3 Å². The highest BCUT2D eigenvalue weighted by Gasteiger charge is 2.09. The molecule has 0 aliphatic heterocycles. The molecule has 154 valence electrons. The Hall–Kier alpha value is -1.64. The van der Waals surface area contributed by atoms with Crippen molar-refractivity contribution < 1.29 is 8.42 Å². The summed E-state index contributed by atoms with van der Waals surface area (Å²) in [6.45, 7) is 9.06. The standard InChI is InChI=1S/C19H35N5O2S/c1-5-20-19(22-14-15-23-27(25,26)6-2)21-13-12-17(3)24(4)16-18-10-8-7-9-11-18/h7-11,17,23H,5-6,12-16H2,1-4H3,(H2,20,21,22). The smallest absolute Gasteiger partial charge is 0.211 e. The van der Waals surface area contributed by atoms with Gasteiger partial charge in [-0.1, -0.05) is 30.3 Å². The van der Waals surface area contributed by atoms with Gasteiger partial charge in [0, 0.05) is 38.8 Å². The Morgan fingerprint density at radius 1 is 1.15 bits per heavy atom. The quantitative estimate of drug-likeness (QED) is 0.282. The maximum absolute atomic E-state index is 11.4. The molecule has 7 nitrogen and oxygen atoms in total. The Morgan fingerprint density at radius 3 is 2.48 bits per heavy atom. The predicted octanol–water partition coefficient (Wildman–Crippen LogP) is 1.39. The number of benzene rings is 1. The summed E-state index contributed by atoms with van der Waals surface area (Å²) in [7, 11) is -1.02. The Labute approximate surface area is 164 Å². The van der Waals surface area contributed by atoms with E-state index in [1.807, 2.05) is 13.0 Å². The van der Waals surface area contributed by atoms with Gasteiger partial charge in [-0.25, -0.2) is 13.1 Å². The third kappa shape index (κ3) is 10.3. The number of nitrogens with zero attached hydrogens (tertiary/aromatic N) is 2. The highest BCUT2D eigenvalue weighted by Crippen LogP contribution is 2.08. The lowest BCUT2D eigenvalue weighted by molar-refractivity contribution is 0.240. The van der Waals surface area contributed by atoms with Gasteiger partial charge in [-0.05, 0) is 39.8 Å². The van der Waals surface area contributed by atoms with Crippen molar-refractivity contribution >= 4 is 16.0 Å². The molecular formula is C19H35N5O2S. The van der Waals surface area contributed by atoms with Gasteiger partial charge < -0.3 is 10.6 Å². The maximum Gasteiger partial charge on any atom is 0.211 e. The number of nitrogens with one attached hydrogen (secondary N) is 3. The van der Waals surface area contributed by atoms with Crippen LogP contribution in [0, 0.1) is 0 Å². The lowest BCUT2D eigenvalue weighted by Gasteiger charge is -2.24. The zero-order valence-corrected chi connectivity index (χ0v) is 17.8. The molecule has 1 unspecified atom stereocenters. The molecule has 0 aliphatic rings. The maximum atomic E-state index is 11.4. The Morgan fingerprint density at radius 2 is 1.85 bits per heavy atom. The van der Waals surface area contributed by atoms with E-state index >= 15 is 0 Å². The minimum atomic E-state index is -3.15. The van der Waals surface area contributed by atoms with Gasteiger partial charge in [-0.15, -0.1) is 0 Å². The van der Waals surface area contributed by atoms with Gasteiger partial charge in [0.05, 0.1) is 5.75 Å². The highest BCUT2D eigenvalue weighted by atomic mass is 32.2. The number of guanidine groups is 1. The number of hydrogen-bond donors (Lipinski definition) is 3. The summed E-state index contributed by atoms with van der Waals surface area (Å²) in [5.74, 6) is 0.807. The molecular weight excluding hydrogens is 362 g/mol. The van der Waals surface area contributed by atoms with Crippen LogP contribution in [0.5, 0.6) is 0 Å². The fraction of sp³-hybridized carbons (Fsp3) is 0.632. The van der Waals surface area contributed by atoms with Crippen LogP contribution in [-0.4, -0.2) is 64.3 Å². The van der Waals surface area contributed by atoms with Crippen LogP contribution in [0.2, 0.25) is 0 Å². The van der Waals surface area contributed by atoms with Crippen LogP contribution in [-0.2, 0) is 16.6 Å². The van der Waals surface area contributed by atoms with Crippen molar-refractivity contribution in [2.24, 2.45) is 4.99 Å². The molecule has 27 heavy (non-hydrogen) atoms. The normalized spacial score (nSPS) is 13.6. The van der Waals surface area contributed by atoms with Gasteiger partial charge in [-0.2, -0.15) is 0 Å². The second-order valence-electron chi connectivity index (χ2n) is 6.52. The summed E-state index contributed by atoms with van der Waals surface area (Å²) in [4.78, 5) is 6.91. The van der Waals surface area contributed by atoms with Gasteiger partial charge in [0.15, 0.2) is 5.96 Å². The molecule has 0 spiro atoms. The predicted molar refractivity (Wildman–Crippen MR) is 113 cm³/mol. The summed E-state index contributed by atoms with van der Waals surface area (Å²) in [6.07, 6.45) is 0.947. The van der Waals surface area contributed by atoms with Crippen LogP contribution in [0.4, 0.5) is 0 Å². The van der Waals surface area contributed by atoms with Crippen molar-refractivity contribution in [1.29, 1.82) is 0 Å². The number of sulfonamides is 1. The third-order valence-corrected chi connectivity index (χ3v) is 5.71. The first-order valence-electron chi connectivity index (χ1n) is 9.61. The second-order valence-corrected chi connectivity index (χ2v) is 8.62. The van der Waals surface area contributed by atoms with Crippen LogP contribution in [0.1, 0.15) is 32.8 Å². The minimum absolute atomic E-state index is 0.0928. The monoisotopic (exact) mass is 397 g/mol. The van der Waals surface area contributed by atoms with E-state index in [1.165, 1.54) is 5.56 Å². The summed E-state index contributed by atoms with van der Waals surface area (Å²) >= 11 is 0. The van der Waals surface area contributed by atoms with Gasteiger partial charge in [-0.3, -0.25) is 9.89 Å². The van der Waals surface area contributed by atoms with E-state index in [4.69, 9.17) is 0 Å². The fourth-order valence-electron chi connectivity index (χ4n) is 2.44. The van der Waals surface area contributed by atoms with E-state index in [0.717, 1.165) is 19.5 Å². The molecule has 0 saturated carbocycles. The first kappa shape index (κ1) is 23.4. The van der Waals surface area contributed by atoms with E-state index < -0.39 is 10.0 Å². The third-order valence-electron chi connectivity index (χ3n) is 4.31. The molecule has 0 aliphatic carbocycles. The molecule has 1 rings (SSSR count). The number of rotatable bonds is 12. The molecule has 3 N–H and O–H groups in total. The molecule has 8 heteroatoms. The molecule has 0 fully saturated rings. The van der Waals surface area contributed by atoms with E-state index in [2.05, 4.69) is 63.5 Å². The van der Waals surface area contributed by atoms with Crippen LogP contribution < -0.4 is 15.4 Å². The average Bonchev–Trinajstić information content (AvgIpc) is 2.65. The summed E-state index contributed by atoms with van der Waals surface area (Å²) < 4.78 is 25.4. The molecule has 1 aromatic carbocycles. The minimum Gasteiger partial charge on any atom is -0.357 e. The molecule has 0 saturated heterocycles. The highest BCUT2D eigenvalue weighted by molar-refractivity contribution is 7.89. The molecule has 0 aromatic heterocycles. The first-order chi connectivity index (χ1) is 12.9. The van der Waals surface area contributed by atoms with Gasteiger partial charge in [0.2, 0.25) is 10.0 Å². The van der Waals surface area contributed by atoms with Crippen molar-refractivity contribution in [3.8, 4) is 0 Å². The Bertz CT molecular complexity index is 649. The topological polar surface area (TPSA) is 85.8 Å². The van der Waals surface area contributed by atoms with Crippen molar-refractivity contribution in [3.05, 3.63) is 35.9 Å². The van der Waals surface area contributed by atoms with Crippen LogP contribution >= 0.6 is 0 Å². The molecule has 1 atom stereocenters. The van der Waals surface area contributed by atoms with E-state index in [-0.39, 0.29) is 5.75 Å². The number of hydrogen-bond acceptors (Lipinski definition) is 4. The van der Waals surface area contributed by atoms with Crippen LogP contribution in [0.15, 0.2) is 35.3 Å². The van der Waals surface area contributed by atoms with Gasteiger partial charge >= 0.3 is 0 Å². The van der Waals surface area contributed by atoms with Crippen LogP contribution in [0.3, 0.4) is 0 Å². The zero-order chi connectivity index (χ0) is 20.1. The lowest BCUT2D eigenvalue weighted by atomic mass is 10.1. The molecule has 0 radical (unpaired) electrons.